The summed E-state index contributed by atoms with van der Waals surface area (Å²) in [6.45, 7) is 3.54. The van der Waals surface area contributed by atoms with Crippen molar-refractivity contribution in [2.24, 2.45) is 11.8 Å². The van der Waals surface area contributed by atoms with E-state index in [0.29, 0.717) is 5.92 Å². The molecule has 122 valence electrons. The summed E-state index contributed by atoms with van der Waals surface area (Å²) in [4.78, 5) is 14.2. The molecule has 2 heterocycles. The van der Waals surface area contributed by atoms with Crippen LogP contribution in [0.3, 0.4) is 0 Å². The van der Waals surface area contributed by atoms with E-state index in [1.165, 1.54) is 12.8 Å². The Morgan fingerprint density at radius 1 is 1.19 bits per heavy atom. The lowest BCUT2D eigenvalue weighted by Gasteiger charge is -2.37. The fourth-order valence-corrected chi connectivity index (χ4v) is 3.42. The molecule has 1 N–H and O–H groups in total. The molecule has 0 aromatic rings. The van der Waals surface area contributed by atoms with Crippen LogP contribution in [-0.2, 0) is 4.79 Å². The minimum absolute atomic E-state index is 0.00873. The first-order valence-electron chi connectivity index (χ1n) is 8.00. The van der Waals surface area contributed by atoms with Crippen LogP contribution in [0, 0.1) is 11.8 Å². The molecule has 2 aliphatic rings. The number of piperidine rings is 2. The Morgan fingerprint density at radius 3 is 2.33 bits per heavy atom. The summed E-state index contributed by atoms with van der Waals surface area (Å²) in [6, 6.07) is -0.425. The van der Waals surface area contributed by atoms with Gasteiger partial charge in [-0.1, -0.05) is 19.8 Å². The fourth-order valence-electron chi connectivity index (χ4n) is 3.42. The van der Waals surface area contributed by atoms with Gasteiger partial charge in [0, 0.05) is 19.6 Å². The summed E-state index contributed by atoms with van der Waals surface area (Å²) < 4.78 is 37.8. The van der Waals surface area contributed by atoms with Gasteiger partial charge < -0.3 is 10.2 Å². The zero-order valence-electron chi connectivity index (χ0n) is 12.6. The first-order valence-corrected chi connectivity index (χ1v) is 8.00. The average Bonchev–Trinajstić information content (AvgIpc) is 2.47. The third-order valence-electron chi connectivity index (χ3n) is 4.80. The third kappa shape index (κ3) is 4.34. The van der Waals surface area contributed by atoms with E-state index < -0.39 is 18.1 Å². The van der Waals surface area contributed by atoms with E-state index >= 15 is 0 Å². The Hall–Kier alpha value is -0.780. The van der Waals surface area contributed by atoms with Gasteiger partial charge in [0.1, 0.15) is 0 Å². The van der Waals surface area contributed by atoms with Gasteiger partial charge in [0.2, 0.25) is 5.91 Å². The number of nitrogens with one attached hydrogen (secondary N) is 1. The maximum absolute atomic E-state index is 12.6. The predicted octanol–water partition coefficient (Wildman–Crippen LogP) is 2.96. The van der Waals surface area contributed by atoms with Crippen molar-refractivity contribution in [3.8, 4) is 0 Å². The van der Waals surface area contributed by atoms with Gasteiger partial charge in [-0.25, -0.2) is 0 Å². The van der Waals surface area contributed by atoms with E-state index in [9.17, 15) is 18.0 Å². The molecule has 2 atom stereocenters. The number of likely N-dealkylation sites (tertiary alicyclic amines) is 1. The quantitative estimate of drug-likeness (QED) is 0.869. The minimum atomic E-state index is -4.15. The van der Waals surface area contributed by atoms with E-state index in [4.69, 9.17) is 0 Å². The van der Waals surface area contributed by atoms with Crippen LogP contribution in [0.15, 0.2) is 0 Å². The number of halogens is 3. The number of hydrogen-bond donors (Lipinski definition) is 1. The molecule has 2 fully saturated rings. The lowest BCUT2D eigenvalue weighted by molar-refractivity contribution is -0.180. The van der Waals surface area contributed by atoms with Gasteiger partial charge in [0.15, 0.2) is 0 Å². The van der Waals surface area contributed by atoms with Gasteiger partial charge in [0.05, 0.1) is 12.0 Å². The van der Waals surface area contributed by atoms with Crippen LogP contribution in [0.5, 0.6) is 0 Å². The van der Waals surface area contributed by atoms with Crippen LogP contribution in [0.4, 0.5) is 13.2 Å². The number of amides is 1. The van der Waals surface area contributed by atoms with Crippen LogP contribution in [0.2, 0.25) is 0 Å². The van der Waals surface area contributed by atoms with E-state index in [1.54, 1.807) is 0 Å². The summed E-state index contributed by atoms with van der Waals surface area (Å²) in [5.41, 5.74) is 0. The van der Waals surface area contributed by atoms with Gasteiger partial charge >= 0.3 is 6.18 Å². The molecule has 21 heavy (non-hydrogen) atoms. The molecule has 0 aromatic heterocycles. The van der Waals surface area contributed by atoms with Gasteiger partial charge in [-0.15, -0.1) is 0 Å². The van der Waals surface area contributed by atoms with Crippen molar-refractivity contribution in [1.82, 2.24) is 10.2 Å². The maximum Gasteiger partial charge on any atom is 0.393 e. The lowest BCUT2D eigenvalue weighted by atomic mass is 9.90. The highest BCUT2D eigenvalue weighted by molar-refractivity contribution is 5.82. The maximum atomic E-state index is 12.6. The Morgan fingerprint density at radius 2 is 1.86 bits per heavy atom. The van der Waals surface area contributed by atoms with Crippen molar-refractivity contribution < 1.29 is 18.0 Å². The number of carbonyl (C=O) groups is 1. The molecule has 0 spiro atoms. The molecule has 0 aliphatic carbocycles. The molecule has 0 radical (unpaired) electrons. The van der Waals surface area contributed by atoms with Crippen LogP contribution >= 0.6 is 0 Å². The topological polar surface area (TPSA) is 32.3 Å². The molecule has 1 amide bonds. The number of rotatable bonds is 3. The first-order chi connectivity index (χ1) is 9.91. The number of nitrogens with zero attached hydrogens (tertiary/aromatic N) is 1. The molecule has 0 aromatic carbocycles. The summed E-state index contributed by atoms with van der Waals surface area (Å²) in [6.07, 6.45) is 0.615. The summed E-state index contributed by atoms with van der Waals surface area (Å²) >= 11 is 0. The van der Waals surface area contributed by atoms with Crippen molar-refractivity contribution >= 4 is 5.91 Å². The minimum Gasteiger partial charge on any atom is -0.341 e. The van der Waals surface area contributed by atoms with Crippen LogP contribution in [0.1, 0.15) is 45.4 Å². The van der Waals surface area contributed by atoms with E-state index in [0.717, 1.165) is 25.9 Å². The molecule has 2 rings (SSSR count). The lowest BCUT2D eigenvalue weighted by Crippen LogP contribution is -2.53. The van der Waals surface area contributed by atoms with Crippen LogP contribution in [0.25, 0.3) is 0 Å². The number of alkyl halides is 3. The van der Waals surface area contributed by atoms with Crippen molar-refractivity contribution in [3.05, 3.63) is 0 Å². The standard InChI is InChI=1S/C15H25F3N2O/c1-2-3-11-6-8-20(9-7-11)14(21)13-5-4-12(10-19-13)15(16,17)18/h11-13,19H,2-10H2,1H3. The molecule has 3 nitrogen and oxygen atoms in total. The number of hydrogen-bond acceptors (Lipinski definition) is 2. The highest BCUT2D eigenvalue weighted by Gasteiger charge is 2.43. The normalized spacial score (nSPS) is 28.7. The third-order valence-corrected chi connectivity index (χ3v) is 4.80. The SMILES string of the molecule is CCCC1CCN(C(=O)C2CCC(C(F)(F)F)CN2)CC1. The smallest absolute Gasteiger partial charge is 0.341 e. The summed E-state index contributed by atoms with van der Waals surface area (Å²) in [7, 11) is 0. The van der Waals surface area contributed by atoms with Gasteiger partial charge in [-0.2, -0.15) is 13.2 Å². The van der Waals surface area contributed by atoms with E-state index in [-0.39, 0.29) is 25.3 Å². The Bertz CT molecular complexity index is 343. The van der Waals surface area contributed by atoms with Gasteiger partial charge in [0.25, 0.3) is 0 Å². The number of carbonyl (C=O) groups excluding carboxylic acids is 1. The zero-order valence-corrected chi connectivity index (χ0v) is 12.6. The summed E-state index contributed by atoms with van der Waals surface area (Å²) in [5.74, 6) is -0.615. The van der Waals surface area contributed by atoms with E-state index in [1.807, 2.05) is 4.90 Å². The van der Waals surface area contributed by atoms with Gasteiger partial charge in [-0.05, 0) is 31.6 Å². The highest BCUT2D eigenvalue weighted by Crippen LogP contribution is 2.32. The van der Waals surface area contributed by atoms with Crippen LogP contribution < -0.4 is 5.32 Å². The second kappa shape index (κ2) is 6.99. The predicted molar refractivity (Wildman–Crippen MR) is 74.8 cm³/mol. The molecule has 2 aliphatic heterocycles. The largest absolute Gasteiger partial charge is 0.393 e. The molecule has 0 saturated carbocycles. The van der Waals surface area contributed by atoms with Crippen molar-refractivity contribution in [2.75, 3.05) is 19.6 Å². The molecule has 2 saturated heterocycles. The first kappa shape index (κ1) is 16.6. The monoisotopic (exact) mass is 306 g/mol. The van der Waals surface area contributed by atoms with Crippen LogP contribution in [-0.4, -0.2) is 42.7 Å². The highest BCUT2D eigenvalue weighted by atomic mass is 19.4. The van der Waals surface area contributed by atoms with Crippen molar-refractivity contribution in [2.45, 2.75) is 57.7 Å². The Labute approximate surface area is 124 Å². The molecular weight excluding hydrogens is 281 g/mol. The molecule has 0 bridgehead atoms. The molecule has 2 unspecified atom stereocenters. The zero-order chi connectivity index (χ0) is 15.5. The second-order valence-electron chi connectivity index (χ2n) is 6.33. The average molecular weight is 306 g/mol. The van der Waals surface area contributed by atoms with Crippen molar-refractivity contribution in [1.29, 1.82) is 0 Å². The van der Waals surface area contributed by atoms with Crippen molar-refractivity contribution in [3.63, 3.8) is 0 Å². The summed E-state index contributed by atoms with van der Waals surface area (Å²) in [5, 5.41) is 2.80. The van der Waals surface area contributed by atoms with E-state index in [2.05, 4.69) is 12.2 Å². The molecule has 6 heteroatoms. The Balaban J connectivity index is 1.78. The Kier molecular flexibility index (Phi) is 5.52. The van der Waals surface area contributed by atoms with Gasteiger partial charge in [-0.3, -0.25) is 4.79 Å². The molecular formula is C15H25F3N2O. The fraction of sp³-hybridized carbons (Fsp3) is 0.933. The second-order valence-corrected chi connectivity index (χ2v) is 6.33.